The van der Waals surface area contributed by atoms with Gasteiger partial charge in [-0.3, -0.25) is 9.10 Å². The number of benzene rings is 2. The summed E-state index contributed by atoms with van der Waals surface area (Å²) in [5.74, 6) is 0.0222. The van der Waals surface area contributed by atoms with Crippen molar-refractivity contribution in [2.24, 2.45) is 0 Å². The van der Waals surface area contributed by atoms with Crippen LogP contribution in [0.5, 0.6) is 0 Å². The maximum atomic E-state index is 12.3. The Morgan fingerprint density at radius 3 is 2.63 bits per heavy atom. The smallest absolute Gasteiger partial charge is 0.251 e. The molecule has 1 aromatic heterocycles. The third-order valence-electron chi connectivity index (χ3n) is 4.87. The Morgan fingerprint density at radius 2 is 1.89 bits per heavy atom. The van der Waals surface area contributed by atoms with Crippen molar-refractivity contribution in [1.82, 2.24) is 10.3 Å². The third kappa shape index (κ3) is 3.55. The normalized spacial score (nSPS) is 15.9. The lowest BCUT2D eigenvalue weighted by Crippen LogP contribution is -2.26. The van der Waals surface area contributed by atoms with E-state index in [0.29, 0.717) is 30.8 Å². The lowest BCUT2D eigenvalue weighted by Gasteiger charge is -2.17. The number of hydrogen-bond donors (Lipinski definition) is 2. The molecule has 1 aliphatic heterocycles. The molecular weight excluding hydrogens is 362 g/mol. The van der Waals surface area contributed by atoms with E-state index in [1.54, 1.807) is 24.3 Å². The fourth-order valence-corrected chi connectivity index (χ4v) is 5.02. The van der Waals surface area contributed by atoms with Crippen molar-refractivity contribution in [3.8, 4) is 0 Å². The van der Waals surface area contributed by atoms with Gasteiger partial charge in [0.25, 0.3) is 5.91 Å². The highest BCUT2D eigenvalue weighted by atomic mass is 32.2. The third-order valence-corrected chi connectivity index (χ3v) is 6.74. The number of fused-ring (bicyclic) bond motifs is 1. The summed E-state index contributed by atoms with van der Waals surface area (Å²) in [6, 6.07) is 14.8. The summed E-state index contributed by atoms with van der Waals surface area (Å²) >= 11 is 0. The molecule has 3 aromatic rings. The van der Waals surface area contributed by atoms with E-state index in [9.17, 15) is 13.2 Å². The predicted molar refractivity (Wildman–Crippen MR) is 107 cm³/mol. The molecule has 27 heavy (non-hydrogen) atoms. The van der Waals surface area contributed by atoms with E-state index in [4.69, 9.17) is 0 Å². The zero-order chi connectivity index (χ0) is 18.9. The first kappa shape index (κ1) is 17.6. The number of hydrogen-bond acceptors (Lipinski definition) is 3. The lowest BCUT2D eigenvalue weighted by atomic mass is 10.1. The second-order valence-electron chi connectivity index (χ2n) is 6.65. The standard InChI is InChI=1S/C20H21N3O3S/c24-20(21-11-10-16-14-22-19-5-2-1-4-18(16)19)15-6-8-17(9-7-15)23-12-3-13-27(23,25)26/h1-2,4-9,14,22H,3,10-13H2,(H,21,24). The van der Waals surface area contributed by atoms with Gasteiger partial charge in [-0.15, -0.1) is 0 Å². The van der Waals surface area contributed by atoms with Crippen molar-refractivity contribution < 1.29 is 13.2 Å². The van der Waals surface area contributed by atoms with Crippen LogP contribution in [-0.4, -0.2) is 38.2 Å². The number of carbonyl (C=O) groups is 1. The number of H-pyrrole nitrogens is 1. The SMILES string of the molecule is O=C(NCCc1c[nH]c2ccccc12)c1ccc(N2CCCS2(=O)=O)cc1. The van der Waals surface area contributed by atoms with Gasteiger partial charge in [0.15, 0.2) is 0 Å². The first-order valence-electron chi connectivity index (χ1n) is 8.98. The minimum Gasteiger partial charge on any atom is -0.361 e. The molecule has 6 nitrogen and oxygen atoms in total. The molecule has 140 valence electrons. The maximum Gasteiger partial charge on any atom is 0.251 e. The second kappa shape index (κ2) is 7.08. The molecule has 0 atom stereocenters. The average molecular weight is 383 g/mol. The number of aromatic nitrogens is 1. The molecule has 4 rings (SSSR count). The molecule has 0 bridgehead atoms. The molecule has 2 N–H and O–H groups in total. The molecule has 0 unspecified atom stereocenters. The van der Waals surface area contributed by atoms with Crippen LogP contribution in [-0.2, 0) is 16.4 Å². The molecule has 2 aromatic carbocycles. The van der Waals surface area contributed by atoms with Gasteiger partial charge in [-0.2, -0.15) is 0 Å². The molecule has 1 fully saturated rings. The Labute approximate surface area is 158 Å². The number of para-hydroxylation sites is 1. The minimum absolute atomic E-state index is 0.161. The Bertz CT molecular complexity index is 1070. The van der Waals surface area contributed by atoms with Crippen LogP contribution >= 0.6 is 0 Å². The maximum absolute atomic E-state index is 12.3. The van der Waals surface area contributed by atoms with Gasteiger partial charge in [0, 0.05) is 35.8 Å². The van der Waals surface area contributed by atoms with Gasteiger partial charge < -0.3 is 10.3 Å². The van der Waals surface area contributed by atoms with Crippen LogP contribution in [0.3, 0.4) is 0 Å². The van der Waals surface area contributed by atoms with Crippen LogP contribution < -0.4 is 9.62 Å². The lowest BCUT2D eigenvalue weighted by molar-refractivity contribution is 0.0954. The van der Waals surface area contributed by atoms with Crippen LogP contribution in [0, 0.1) is 0 Å². The fourth-order valence-electron chi connectivity index (χ4n) is 3.46. The predicted octanol–water partition coefficient (Wildman–Crippen LogP) is 2.68. The van der Waals surface area contributed by atoms with Crippen molar-refractivity contribution in [2.75, 3.05) is 23.1 Å². The molecule has 0 saturated carbocycles. The summed E-state index contributed by atoms with van der Waals surface area (Å²) in [5.41, 5.74) is 3.39. The highest BCUT2D eigenvalue weighted by Crippen LogP contribution is 2.24. The van der Waals surface area contributed by atoms with E-state index in [1.165, 1.54) is 15.3 Å². The van der Waals surface area contributed by atoms with Crippen molar-refractivity contribution >= 4 is 32.5 Å². The zero-order valence-corrected chi connectivity index (χ0v) is 15.6. The number of nitrogens with one attached hydrogen (secondary N) is 2. The number of amides is 1. The van der Waals surface area contributed by atoms with Crippen molar-refractivity contribution in [3.63, 3.8) is 0 Å². The molecule has 0 spiro atoms. The van der Waals surface area contributed by atoms with Gasteiger partial charge in [0.05, 0.1) is 11.4 Å². The van der Waals surface area contributed by atoms with Crippen LogP contribution in [0.15, 0.2) is 54.7 Å². The van der Waals surface area contributed by atoms with E-state index in [2.05, 4.69) is 16.4 Å². The van der Waals surface area contributed by atoms with Crippen LogP contribution in [0.2, 0.25) is 0 Å². The second-order valence-corrected chi connectivity index (χ2v) is 8.67. The van der Waals surface area contributed by atoms with E-state index in [0.717, 1.165) is 11.9 Å². The van der Waals surface area contributed by atoms with Gasteiger partial charge in [0.1, 0.15) is 0 Å². The Morgan fingerprint density at radius 1 is 1.11 bits per heavy atom. The van der Waals surface area contributed by atoms with Crippen molar-refractivity contribution in [1.29, 1.82) is 0 Å². The summed E-state index contributed by atoms with van der Waals surface area (Å²) in [6.45, 7) is 1.03. The van der Waals surface area contributed by atoms with Crippen molar-refractivity contribution in [3.05, 3.63) is 65.9 Å². The molecule has 1 amide bonds. The Kier molecular flexibility index (Phi) is 4.61. The average Bonchev–Trinajstić information content (AvgIpc) is 3.24. The largest absolute Gasteiger partial charge is 0.361 e. The van der Waals surface area contributed by atoms with Crippen molar-refractivity contribution in [2.45, 2.75) is 12.8 Å². The fraction of sp³-hybridized carbons (Fsp3) is 0.250. The van der Waals surface area contributed by atoms with Crippen LogP contribution in [0.25, 0.3) is 10.9 Å². The van der Waals surface area contributed by atoms with Gasteiger partial charge in [-0.1, -0.05) is 18.2 Å². The summed E-state index contributed by atoms with van der Waals surface area (Å²) < 4.78 is 25.4. The Balaban J connectivity index is 1.37. The highest BCUT2D eigenvalue weighted by Gasteiger charge is 2.28. The molecular formula is C20H21N3O3S. The topological polar surface area (TPSA) is 82.3 Å². The highest BCUT2D eigenvalue weighted by molar-refractivity contribution is 7.93. The van der Waals surface area contributed by atoms with Gasteiger partial charge in [0.2, 0.25) is 10.0 Å². The first-order chi connectivity index (χ1) is 13.0. The van der Waals surface area contributed by atoms with Crippen LogP contribution in [0.1, 0.15) is 22.3 Å². The minimum atomic E-state index is -3.20. The molecule has 2 heterocycles. The van der Waals surface area contributed by atoms with E-state index >= 15 is 0 Å². The van der Waals surface area contributed by atoms with E-state index in [1.807, 2.05) is 24.4 Å². The molecule has 0 aliphatic carbocycles. The van der Waals surface area contributed by atoms with Gasteiger partial charge in [-0.25, -0.2) is 8.42 Å². The number of nitrogens with zero attached hydrogens (tertiary/aromatic N) is 1. The van der Waals surface area contributed by atoms with Gasteiger partial charge >= 0.3 is 0 Å². The quantitative estimate of drug-likeness (QED) is 0.711. The van der Waals surface area contributed by atoms with Crippen LogP contribution in [0.4, 0.5) is 5.69 Å². The number of aromatic amines is 1. The Hall–Kier alpha value is -2.80. The monoisotopic (exact) mass is 383 g/mol. The molecule has 0 radical (unpaired) electrons. The van der Waals surface area contributed by atoms with E-state index in [-0.39, 0.29) is 11.7 Å². The number of sulfonamides is 1. The number of anilines is 1. The van der Waals surface area contributed by atoms with E-state index < -0.39 is 10.0 Å². The summed E-state index contributed by atoms with van der Waals surface area (Å²) in [6.07, 6.45) is 3.35. The zero-order valence-electron chi connectivity index (χ0n) is 14.8. The molecule has 7 heteroatoms. The first-order valence-corrected chi connectivity index (χ1v) is 10.6. The number of rotatable bonds is 5. The summed E-state index contributed by atoms with van der Waals surface area (Å²) in [7, 11) is -3.20. The molecule has 1 aliphatic rings. The molecule has 1 saturated heterocycles. The number of carbonyl (C=O) groups excluding carboxylic acids is 1. The summed E-state index contributed by atoms with van der Waals surface area (Å²) in [4.78, 5) is 15.6. The van der Waals surface area contributed by atoms with Gasteiger partial charge in [-0.05, 0) is 48.7 Å². The summed E-state index contributed by atoms with van der Waals surface area (Å²) in [5, 5.41) is 4.09.